The summed E-state index contributed by atoms with van der Waals surface area (Å²) in [6, 6.07) is 17.7. The van der Waals surface area contributed by atoms with Gasteiger partial charge in [-0.25, -0.2) is 4.39 Å². The number of carbonyl (C=O) groups excluding carboxylic acids is 2. The van der Waals surface area contributed by atoms with E-state index in [1.807, 2.05) is 17.5 Å². The third-order valence-corrected chi connectivity index (χ3v) is 6.21. The number of amides is 2. The smallest absolute Gasteiger partial charge is 0.313 e. The van der Waals surface area contributed by atoms with Gasteiger partial charge in [0.25, 0.3) is 0 Å². The summed E-state index contributed by atoms with van der Waals surface area (Å²) in [5, 5.41) is 7.27. The van der Waals surface area contributed by atoms with E-state index in [0.29, 0.717) is 12.2 Å². The summed E-state index contributed by atoms with van der Waals surface area (Å²) in [7, 11) is 0. The van der Waals surface area contributed by atoms with Gasteiger partial charge in [0.2, 0.25) is 0 Å². The fourth-order valence-corrected chi connectivity index (χ4v) is 4.53. The first-order valence-corrected chi connectivity index (χ1v) is 10.7. The Bertz CT molecular complexity index is 1020. The quantitative estimate of drug-likeness (QED) is 0.615. The van der Waals surface area contributed by atoms with E-state index in [2.05, 4.69) is 39.8 Å². The van der Waals surface area contributed by atoms with E-state index in [0.717, 1.165) is 24.4 Å². The first kappa shape index (κ1) is 20.3. The highest BCUT2D eigenvalue weighted by molar-refractivity contribution is 7.10. The zero-order valence-corrected chi connectivity index (χ0v) is 17.1. The van der Waals surface area contributed by atoms with Crippen molar-refractivity contribution in [1.29, 1.82) is 0 Å². The van der Waals surface area contributed by atoms with Crippen LogP contribution in [0.4, 0.5) is 10.1 Å². The summed E-state index contributed by atoms with van der Waals surface area (Å²) >= 11 is 1.64. The fourth-order valence-electron chi connectivity index (χ4n) is 3.66. The van der Waals surface area contributed by atoms with E-state index in [1.165, 1.54) is 35.4 Å². The van der Waals surface area contributed by atoms with Gasteiger partial charge in [0.15, 0.2) is 0 Å². The van der Waals surface area contributed by atoms with Gasteiger partial charge in [-0.15, -0.1) is 11.3 Å². The molecule has 0 unspecified atom stereocenters. The number of hydrogen-bond donors (Lipinski definition) is 2. The maximum absolute atomic E-state index is 13.0. The van der Waals surface area contributed by atoms with Gasteiger partial charge in [0.1, 0.15) is 5.82 Å². The molecule has 0 bridgehead atoms. The Balaban J connectivity index is 1.41. The van der Waals surface area contributed by atoms with Crippen LogP contribution < -0.4 is 10.6 Å². The second-order valence-electron chi connectivity index (χ2n) is 7.19. The number of rotatable bonds is 5. The predicted molar refractivity (Wildman–Crippen MR) is 116 cm³/mol. The number of nitrogens with one attached hydrogen (secondary N) is 2. The van der Waals surface area contributed by atoms with Gasteiger partial charge in [-0.3, -0.25) is 14.5 Å². The Morgan fingerprint density at radius 3 is 2.50 bits per heavy atom. The maximum Gasteiger partial charge on any atom is 0.313 e. The average molecular weight is 424 g/mol. The van der Waals surface area contributed by atoms with Crippen molar-refractivity contribution in [3.05, 3.63) is 87.9 Å². The lowest BCUT2D eigenvalue weighted by Crippen LogP contribution is -2.43. The molecule has 2 N–H and O–H groups in total. The third kappa shape index (κ3) is 4.75. The Morgan fingerprint density at radius 1 is 1.00 bits per heavy atom. The molecule has 0 radical (unpaired) electrons. The molecule has 4 rings (SSSR count). The van der Waals surface area contributed by atoms with Gasteiger partial charge >= 0.3 is 11.8 Å². The highest BCUT2D eigenvalue weighted by Crippen LogP contribution is 2.30. The molecule has 0 aliphatic carbocycles. The van der Waals surface area contributed by atoms with Crippen molar-refractivity contribution in [3.8, 4) is 0 Å². The molecule has 30 heavy (non-hydrogen) atoms. The first-order chi connectivity index (χ1) is 14.6. The fraction of sp³-hybridized carbons (Fsp3) is 0.217. The zero-order chi connectivity index (χ0) is 20.9. The van der Waals surface area contributed by atoms with E-state index in [4.69, 9.17) is 0 Å². The van der Waals surface area contributed by atoms with E-state index < -0.39 is 17.6 Å². The normalized spacial score (nSPS) is 14.6. The molecular weight excluding hydrogens is 401 g/mol. The predicted octanol–water partition coefficient (Wildman–Crippen LogP) is 3.74. The Hall–Kier alpha value is -3.03. The number of nitrogens with zero attached hydrogens (tertiary/aromatic N) is 1. The van der Waals surface area contributed by atoms with E-state index in [1.54, 1.807) is 11.3 Å². The second-order valence-corrected chi connectivity index (χ2v) is 8.17. The summed E-state index contributed by atoms with van der Waals surface area (Å²) in [5.74, 6) is -1.88. The van der Waals surface area contributed by atoms with Gasteiger partial charge in [-0.2, -0.15) is 0 Å². The molecule has 5 nitrogen and oxygen atoms in total. The van der Waals surface area contributed by atoms with Gasteiger partial charge in [-0.1, -0.05) is 30.3 Å². The summed E-state index contributed by atoms with van der Waals surface area (Å²) in [5.41, 5.74) is 3.03. The third-order valence-electron chi connectivity index (χ3n) is 5.24. The lowest BCUT2D eigenvalue weighted by atomic mass is 9.98. The van der Waals surface area contributed by atoms with Crippen molar-refractivity contribution in [2.75, 3.05) is 18.4 Å². The molecule has 0 fully saturated rings. The monoisotopic (exact) mass is 423 g/mol. The molecule has 0 saturated heterocycles. The summed E-state index contributed by atoms with van der Waals surface area (Å²) in [6.07, 6.45) is 0.955. The van der Waals surface area contributed by atoms with E-state index in [-0.39, 0.29) is 6.04 Å². The minimum Gasteiger partial charge on any atom is -0.346 e. The van der Waals surface area contributed by atoms with Gasteiger partial charge in [-0.05, 0) is 53.3 Å². The molecule has 3 aromatic rings. The van der Waals surface area contributed by atoms with Crippen LogP contribution in [0.15, 0.2) is 66.0 Å². The van der Waals surface area contributed by atoms with Crippen molar-refractivity contribution in [2.24, 2.45) is 0 Å². The van der Waals surface area contributed by atoms with Crippen molar-refractivity contribution < 1.29 is 14.0 Å². The molecule has 0 spiro atoms. The molecule has 1 atom stereocenters. The molecule has 7 heteroatoms. The molecule has 1 aromatic heterocycles. The number of benzene rings is 2. The number of hydrogen-bond acceptors (Lipinski definition) is 4. The van der Waals surface area contributed by atoms with Crippen LogP contribution in [0.3, 0.4) is 0 Å². The van der Waals surface area contributed by atoms with E-state index in [9.17, 15) is 14.0 Å². The van der Waals surface area contributed by atoms with Crippen LogP contribution in [0.1, 0.15) is 22.0 Å². The lowest BCUT2D eigenvalue weighted by molar-refractivity contribution is -0.136. The Kier molecular flexibility index (Phi) is 6.21. The standard InChI is InChI=1S/C23H22FN3O2S/c24-18-7-9-19(10-8-18)26-23(29)22(28)25-14-20(21-6-3-13-30-21)27-12-11-16-4-1-2-5-17(16)15-27/h1-10,13,20H,11-12,14-15H2,(H,25,28)(H,26,29)/t20-/m1/s1. The van der Waals surface area contributed by atoms with Crippen LogP contribution >= 0.6 is 11.3 Å². The largest absolute Gasteiger partial charge is 0.346 e. The second kappa shape index (κ2) is 9.19. The summed E-state index contributed by atoms with van der Waals surface area (Å²) in [6.45, 7) is 2.02. The van der Waals surface area contributed by atoms with Crippen molar-refractivity contribution in [1.82, 2.24) is 10.2 Å². The number of thiophene rings is 1. The lowest BCUT2D eigenvalue weighted by Gasteiger charge is -2.35. The van der Waals surface area contributed by atoms with E-state index >= 15 is 0 Å². The molecule has 2 aromatic carbocycles. The minimum absolute atomic E-state index is 0.0130. The van der Waals surface area contributed by atoms with Crippen molar-refractivity contribution in [3.63, 3.8) is 0 Å². The minimum atomic E-state index is -0.768. The van der Waals surface area contributed by atoms with Crippen LogP contribution in [0.25, 0.3) is 0 Å². The van der Waals surface area contributed by atoms with Gasteiger partial charge in [0, 0.05) is 30.2 Å². The van der Waals surface area contributed by atoms with Crippen LogP contribution in [-0.2, 0) is 22.6 Å². The van der Waals surface area contributed by atoms with Crippen molar-refractivity contribution >= 4 is 28.8 Å². The Labute approximate surface area is 178 Å². The van der Waals surface area contributed by atoms with Gasteiger partial charge < -0.3 is 10.6 Å². The number of fused-ring (bicyclic) bond motifs is 1. The van der Waals surface area contributed by atoms with Crippen LogP contribution in [0, 0.1) is 5.82 Å². The number of anilines is 1. The zero-order valence-electron chi connectivity index (χ0n) is 16.3. The molecule has 1 aliphatic heterocycles. The number of carbonyl (C=O) groups is 2. The molecule has 1 aliphatic rings. The average Bonchev–Trinajstić information content (AvgIpc) is 3.30. The Morgan fingerprint density at radius 2 is 1.77 bits per heavy atom. The SMILES string of the molecule is O=C(NC[C@H](c1cccs1)N1CCc2ccccc2C1)C(=O)Nc1ccc(F)cc1. The summed E-state index contributed by atoms with van der Waals surface area (Å²) in [4.78, 5) is 28.1. The molecule has 154 valence electrons. The van der Waals surface area contributed by atoms with Crippen LogP contribution in [0.5, 0.6) is 0 Å². The highest BCUT2D eigenvalue weighted by Gasteiger charge is 2.26. The topological polar surface area (TPSA) is 61.4 Å². The van der Waals surface area contributed by atoms with Crippen LogP contribution in [-0.4, -0.2) is 29.8 Å². The molecule has 2 amide bonds. The first-order valence-electron chi connectivity index (χ1n) is 9.79. The molecular formula is C23H22FN3O2S. The molecule has 0 saturated carbocycles. The van der Waals surface area contributed by atoms with Crippen molar-refractivity contribution in [2.45, 2.75) is 19.0 Å². The molecule has 2 heterocycles. The maximum atomic E-state index is 13.0. The highest BCUT2D eigenvalue weighted by atomic mass is 32.1. The van der Waals surface area contributed by atoms with Crippen LogP contribution in [0.2, 0.25) is 0 Å². The van der Waals surface area contributed by atoms with Gasteiger partial charge in [0.05, 0.1) is 6.04 Å². The summed E-state index contributed by atoms with van der Waals surface area (Å²) < 4.78 is 13.0. The number of halogens is 1.